The third-order valence-corrected chi connectivity index (χ3v) is 3.97. The first-order chi connectivity index (χ1) is 8.89. The van der Waals surface area contributed by atoms with Crippen molar-refractivity contribution < 1.29 is 14.3 Å². The van der Waals surface area contributed by atoms with Gasteiger partial charge >= 0.3 is 5.97 Å². The molecule has 19 heavy (non-hydrogen) atoms. The van der Waals surface area contributed by atoms with E-state index in [0.29, 0.717) is 10.0 Å². The Morgan fingerprint density at radius 1 is 1.47 bits per heavy atom. The summed E-state index contributed by atoms with van der Waals surface area (Å²) >= 11 is 7.17. The minimum Gasteiger partial charge on any atom is -0.465 e. The summed E-state index contributed by atoms with van der Waals surface area (Å²) in [6.07, 6.45) is 1.61. The standard InChI is InChI=1S/C13H16ClNO3S/c1-4-18-12(17)13(2,3)10(16)8-19-11-9(14)6-5-7-15-11/h5-7H,4,8H2,1-3H3. The Balaban J connectivity index is 2.65. The number of esters is 1. The van der Waals surface area contributed by atoms with Crippen LogP contribution in [0.5, 0.6) is 0 Å². The minimum absolute atomic E-state index is 0.128. The fraction of sp³-hybridized carbons (Fsp3) is 0.462. The predicted octanol–water partition coefficient (Wildman–Crippen LogP) is 2.99. The molecule has 1 aromatic heterocycles. The highest BCUT2D eigenvalue weighted by atomic mass is 35.5. The van der Waals surface area contributed by atoms with Crippen LogP contribution in [-0.4, -0.2) is 29.1 Å². The van der Waals surface area contributed by atoms with Crippen LogP contribution in [0.4, 0.5) is 0 Å². The molecule has 0 saturated heterocycles. The molecule has 0 spiro atoms. The van der Waals surface area contributed by atoms with Gasteiger partial charge in [0, 0.05) is 6.20 Å². The van der Waals surface area contributed by atoms with E-state index in [4.69, 9.17) is 16.3 Å². The Hall–Kier alpha value is -1.07. The third kappa shape index (κ3) is 4.21. The number of hydrogen-bond donors (Lipinski definition) is 0. The lowest BCUT2D eigenvalue weighted by Gasteiger charge is -2.20. The number of rotatable bonds is 6. The molecule has 0 amide bonds. The van der Waals surface area contributed by atoms with Crippen molar-refractivity contribution in [1.29, 1.82) is 0 Å². The van der Waals surface area contributed by atoms with Gasteiger partial charge in [0.15, 0.2) is 5.78 Å². The number of halogens is 1. The highest BCUT2D eigenvalue weighted by Crippen LogP contribution is 2.27. The summed E-state index contributed by atoms with van der Waals surface area (Å²) in [4.78, 5) is 27.8. The topological polar surface area (TPSA) is 56.3 Å². The van der Waals surface area contributed by atoms with E-state index in [2.05, 4.69) is 4.98 Å². The molecule has 1 rings (SSSR count). The molecule has 0 fully saturated rings. The van der Waals surface area contributed by atoms with E-state index in [-0.39, 0.29) is 18.1 Å². The molecule has 0 radical (unpaired) electrons. The van der Waals surface area contributed by atoms with Gasteiger partial charge in [0.2, 0.25) is 0 Å². The van der Waals surface area contributed by atoms with Crippen LogP contribution in [0, 0.1) is 5.41 Å². The molecule has 0 atom stereocenters. The van der Waals surface area contributed by atoms with Crippen LogP contribution >= 0.6 is 23.4 Å². The van der Waals surface area contributed by atoms with Crippen molar-refractivity contribution in [2.75, 3.05) is 12.4 Å². The Morgan fingerprint density at radius 2 is 2.16 bits per heavy atom. The van der Waals surface area contributed by atoms with Gasteiger partial charge < -0.3 is 4.74 Å². The maximum absolute atomic E-state index is 12.1. The Bertz CT molecular complexity index is 477. The second kappa shape index (κ2) is 6.91. The van der Waals surface area contributed by atoms with Crippen LogP contribution in [0.15, 0.2) is 23.4 Å². The number of ether oxygens (including phenoxy) is 1. The smallest absolute Gasteiger partial charge is 0.319 e. The van der Waals surface area contributed by atoms with E-state index < -0.39 is 11.4 Å². The Labute approximate surface area is 121 Å². The molecule has 0 aliphatic heterocycles. The summed E-state index contributed by atoms with van der Waals surface area (Å²) in [6.45, 7) is 5.09. The molecule has 0 aliphatic rings. The van der Waals surface area contributed by atoms with Crippen LogP contribution in [0.25, 0.3) is 0 Å². The van der Waals surface area contributed by atoms with Crippen LogP contribution in [0.2, 0.25) is 5.02 Å². The van der Waals surface area contributed by atoms with Gasteiger partial charge in [0.1, 0.15) is 10.4 Å². The van der Waals surface area contributed by atoms with Crippen LogP contribution in [0.3, 0.4) is 0 Å². The molecule has 0 bridgehead atoms. The second-order valence-electron chi connectivity index (χ2n) is 4.35. The SMILES string of the molecule is CCOC(=O)C(C)(C)C(=O)CSc1ncccc1Cl. The quantitative estimate of drug-likeness (QED) is 0.459. The van der Waals surface area contributed by atoms with E-state index in [0.717, 1.165) is 0 Å². The van der Waals surface area contributed by atoms with Crippen molar-refractivity contribution in [3.63, 3.8) is 0 Å². The molecule has 0 unspecified atom stereocenters. The molecule has 4 nitrogen and oxygen atoms in total. The maximum Gasteiger partial charge on any atom is 0.319 e. The number of nitrogens with zero attached hydrogens (tertiary/aromatic N) is 1. The average Bonchev–Trinajstić information content (AvgIpc) is 2.37. The summed E-state index contributed by atoms with van der Waals surface area (Å²) < 4.78 is 4.89. The van der Waals surface area contributed by atoms with Crippen LogP contribution in [-0.2, 0) is 14.3 Å². The number of hydrogen-bond acceptors (Lipinski definition) is 5. The van der Waals surface area contributed by atoms with Crippen molar-refractivity contribution in [2.24, 2.45) is 5.41 Å². The van der Waals surface area contributed by atoms with Crippen molar-refractivity contribution in [3.05, 3.63) is 23.4 Å². The van der Waals surface area contributed by atoms with Crippen molar-refractivity contribution in [3.8, 4) is 0 Å². The molecule has 0 saturated carbocycles. The fourth-order valence-electron chi connectivity index (χ4n) is 1.22. The van der Waals surface area contributed by atoms with Gasteiger partial charge in [-0.1, -0.05) is 23.4 Å². The highest BCUT2D eigenvalue weighted by molar-refractivity contribution is 8.00. The van der Waals surface area contributed by atoms with Gasteiger partial charge in [0.05, 0.1) is 17.4 Å². The molecule has 0 aromatic carbocycles. The molecule has 0 N–H and O–H groups in total. The van der Waals surface area contributed by atoms with E-state index in [9.17, 15) is 9.59 Å². The van der Waals surface area contributed by atoms with E-state index >= 15 is 0 Å². The molecule has 6 heteroatoms. The molecule has 1 heterocycles. The summed E-state index contributed by atoms with van der Waals surface area (Å²) in [5, 5.41) is 1.08. The first-order valence-electron chi connectivity index (χ1n) is 5.83. The minimum atomic E-state index is -1.15. The highest BCUT2D eigenvalue weighted by Gasteiger charge is 2.37. The zero-order chi connectivity index (χ0) is 14.5. The number of aromatic nitrogens is 1. The lowest BCUT2D eigenvalue weighted by atomic mass is 9.89. The largest absolute Gasteiger partial charge is 0.465 e. The molecular weight excluding hydrogens is 286 g/mol. The number of Topliss-reactive ketones (excluding diaryl/α,β-unsaturated/α-hetero) is 1. The molecule has 104 valence electrons. The normalized spacial score (nSPS) is 11.2. The maximum atomic E-state index is 12.1. The van der Waals surface area contributed by atoms with Gasteiger partial charge in [-0.15, -0.1) is 0 Å². The summed E-state index contributed by atoms with van der Waals surface area (Å²) in [5.74, 6) is -0.590. The van der Waals surface area contributed by atoms with Gasteiger partial charge in [-0.05, 0) is 32.9 Å². The first kappa shape index (κ1) is 16.0. The summed E-state index contributed by atoms with van der Waals surface area (Å²) in [5.41, 5.74) is -1.15. The van der Waals surface area contributed by atoms with Crippen LogP contribution < -0.4 is 0 Å². The number of pyridine rings is 1. The Morgan fingerprint density at radius 3 is 2.74 bits per heavy atom. The number of ketones is 1. The van der Waals surface area contributed by atoms with Gasteiger partial charge in [-0.3, -0.25) is 9.59 Å². The van der Waals surface area contributed by atoms with Crippen LogP contribution in [0.1, 0.15) is 20.8 Å². The van der Waals surface area contributed by atoms with E-state index in [1.165, 1.54) is 11.8 Å². The number of thioether (sulfide) groups is 1. The van der Waals surface area contributed by atoms with Crippen molar-refractivity contribution in [2.45, 2.75) is 25.8 Å². The zero-order valence-corrected chi connectivity index (χ0v) is 12.7. The van der Waals surface area contributed by atoms with E-state index in [1.54, 1.807) is 39.1 Å². The third-order valence-electron chi connectivity index (χ3n) is 2.55. The zero-order valence-electron chi connectivity index (χ0n) is 11.1. The lowest BCUT2D eigenvalue weighted by Crippen LogP contribution is -2.36. The van der Waals surface area contributed by atoms with Crippen molar-refractivity contribution >= 4 is 35.1 Å². The summed E-state index contributed by atoms with van der Waals surface area (Å²) in [7, 11) is 0. The molecule has 0 aliphatic carbocycles. The monoisotopic (exact) mass is 301 g/mol. The summed E-state index contributed by atoms with van der Waals surface area (Å²) in [6, 6.07) is 3.43. The first-order valence-corrected chi connectivity index (χ1v) is 7.19. The number of carbonyl (C=O) groups is 2. The van der Waals surface area contributed by atoms with Gasteiger partial charge in [-0.25, -0.2) is 4.98 Å². The predicted molar refractivity (Wildman–Crippen MR) is 75.4 cm³/mol. The van der Waals surface area contributed by atoms with Crippen molar-refractivity contribution in [1.82, 2.24) is 4.98 Å². The number of carbonyl (C=O) groups excluding carboxylic acids is 2. The van der Waals surface area contributed by atoms with Gasteiger partial charge in [0.25, 0.3) is 0 Å². The lowest BCUT2D eigenvalue weighted by molar-refractivity contribution is -0.157. The molecule has 1 aromatic rings. The second-order valence-corrected chi connectivity index (χ2v) is 5.72. The van der Waals surface area contributed by atoms with Gasteiger partial charge in [-0.2, -0.15) is 0 Å². The van der Waals surface area contributed by atoms with E-state index in [1.807, 2.05) is 0 Å². The fourth-order valence-corrected chi connectivity index (χ4v) is 2.47. The molecular formula is C13H16ClNO3S. The average molecular weight is 302 g/mol. The Kier molecular flexibility index (Phi) is 5.82.